The van der Waals surface area contributed by atoms with E-state index < -0.39 is 23.8 Å². The summed E-state index contributed by atoms with van der Waals surface area (Å²) in [5.74, 6) is -2.05. The van der Waals surface area contributed by atoms with Gasteiger partial charge in [-0.3, -0.25) is 0 Å². The zero-order valence-corrected chi connectivity index (χ0v) is 15.7. The first-order chi connectivity index (χ1) is 11.8. The fourth-order valence-corrected chi connectivity index (χ4v) is 2.89. The fraction of sp³-hybridized carbons (Fsp3) is 0.471. The molecule has 1 aromatic carbocycles. The summed E-state index contributed by atoms with van der Waals surface area (Å²) in [6.45, 7) is 6.26. The van der Waals surface area contributed by atoms with Gasteiger partial charge in [0.15, 0.2) is 5.75 Å². The topological polar surface area (TPSA) is 55.8 Å². The maximum absolute atomic E-state index is 13.2. The number of ether oxygens (including phenoxy) is 2. The molecule has 1 atom stereocenters. The van der Waals surface area contributed by atoms with Gasteiger partial charge < -0.3 is 14.6 Å². The van der Waals surface area contributed by atoms with E-state index in [9.17, 15) is 18.0 Å². The molecule has 0 bridgehead atoms. The van der Waals surface area contributed by atoms with Crippen LogP contribution in [0.3, 0.4) is 0 Å². The predicted molar refractivity (Wildman–Crippen MR) is 92.1 cm³/mol. The summed E-state index contributed by atoms with van der Waals surface area (Å²) in [6.07, 6.45) is -6.03. The van der Waals surface area contributed by atoms with E-state index in [1.807, 2.05) is 20.8 Å². The van der Waals surface area contributed by atoms with Gasteiger partial charge in [0.2, 0.25) is 6.10 Å². The first kappa shape index (κ1) is 20.7. The lowest BCUT2D eigenvalue weighted by Gasteiger charge is -2.28. The lowest BCUT2D eigenvalue weighted by Crippen LogP contribution is -2.40. The number of hydrogen-bond acceptors (Lipinski definition) is 3. The van der Waals surface area contributed by atoms with Gasteiger partial charge in [-0.25, -0.2) is 4.79 Å². The van der Waals surface area contributed by atoms with Crippen molar-refractivity contribution in [1.29, 1.82) is 0 Å². The molecule has 144 valence electrons. The molecule has 0 saturated heterocycles. The Bertz CT molecular complexity index is 752. The van der Waals surface area contributed by atoms with Crippen LogP contribution in [-0.2, 0) is 4.79 Å². The SMILES string of the molecule is CC(C)(C)CCOc1c(Cl)cc2c(c1Cl)OC(C(F)(F)F)C(C(=O)O)=C2. The van der Waals surface area contributed by atoms with Crippen molar-refractivity contribution < 1.29 is 32.5 Å². The first-order valence-corrected chi connectivity index (χ1v) is 8.40. The van der Waals surface area contributed by atoms with E-state index in [0.29, 0.717) is 6.42 Å². The van der Waals surface area contributed by atoms with Crippen molar-refractivity contribution in [3.8, 4) is 11.5 Å². The summed E-state index contributed by atoms with van der Waals surface area (Å²) < 4.78 is 49.9. The maximum Gasteiger partial charge on any atom is 0.430 e. The number of alkyl halides is 3. The van der Waals surface area contributed by atoms with Crippen LogP contribution in [0, 0.1) is 5.41 Å². The Morgan fingerprint density at radius 2 is 1.92 bits per heavy atom. The summed E-state index contributed by atoms with van der Waals surface area (Å²) in [6, 6.07) is 1.27. The van der Waals surface area contributed by atoms with Crippen LogP contribution in [-0.4, -0.2) is 30.0 Å². The lowest BCUT2D eigenvalue weighted by atomic mass is 9.93. The zero-order valence-electron chi connectivity index (χ0n) is 14.2. The van der Waals surface area contributed by atoms with Crippen molar-refractivity contribution in [3.63, 3.8) is 0 Å². The number of aliphatic carboxylic acids is 1. The molecule has 4 nitrogen and oxygen atoms in total. The van der Waals surface area contributed by atoms with Crippen LogP contribution in [0.15, 0.2) is 11.6 Å². The molecular weight excluding hydrogens is 396 g/mol. The molecule has 0 radical (unpaired) electrons. The molecule has 9 heteroatoms. The van der Waals surface area contributed by atoms with Crippen LogP contribution < -0.4 is 9.47 Å². The van der Waals surface area contributed by atoms with E-state index in [-0.39, 0.29) is 39.1 Å². The number of fused-ring (bicyclic) bond motifs is 1. The minimum atomic E-state index is -4.92. The molecule has 0 aromatic heterocycles. The summed E-state index contributed by atoms with van der Waals surface area (Å²) in [5, 5.41) is 8.87. The van der Waals surface area contributed by atoms with E-state index in [1.54, 1.807) is 0 Å². The van der Waals surface area contributed by atoms with Crippen molar-refractivity contribution in [2.45, 2.75) is 39.5 Å². The molecule has 1 aromatic rings. The number of carboxylic acid groups (broad SMARTS) is 1. The Kier molecular flexibility index (Phi) is 5.73. The van der Waals surface area contributed by atoms with Crippen molar-refractivity contribution in [3.05, 3.63) is 27.2 Å². The largest absolute Gasteiger partial charge is 0.490 e. The average molecular weight is 413 g/mol. The number of carbonyl (C=O) groups is 1. The predicted octanol–water partition coefficient (Wildman–Crippen LogP) is 5.60. The van der Waals surface area contributed by atoms with Gasteiger partial charge in [0.1, 0.15) is 10.8 Å². The molecule has 2 rings (SSSR count). The van der Waals surface area contributed by atoms with Crippen molar-refractivity contribution in [1.82, 2.24) is 0 Å². The molecule has 1 N–H and O–H groups in total. The Balaban J connectivity index is 2.43. The normalized spacial score (nSPS) is 17.2. The van der Waals surface area contributed by atoms with Gasteiger partial charge in [0.25, 0.3) is 0 Å². The Hall–Kier alpha value is -1.60. The van der Waals surface area contributed by atoms with Gasteiger partial charge in [-0.05, 0) is 24.0 Å². The number of hydrogen-bond donors (Lipinski definition) is 1. The van der Waals surface area contributed by atoms with Gasteiger partial charge in [-0.2, -0.15) is 13.2 Å². The summed E-state index contributed by atoms with van der Waals surface area (Å²) in [7, 11) is 0. The van der Waals surface area contributed by atoms with E-state index in [2.05, 4.69) is 0 Å². The second kappa shape index (κ2) is 7.19. The highest BCUT2D eigenvalue weighted by Crippen LogP contribution is 2.47. The highest BCUT2D eigenvalue weighted by molar-refractivity contribution is 6.38. The fourth-order valence-electron chi connectivity index (χ4n) is 2.26. The first-order valence-electron chi connectivity index (χ1n) is 7.64. The smallest absolute Gasteiger partial charge is 0.430 e. The lowest BCUT2D eigenvalue weighted by molar-refractivity contribution is -0.187. The average Bonchev–Trinajstić information content (AvgIpc) is 2.47. The molecule has 1 unspecified atom stereocenters. The summed E-state index contributed by atoms with van der Waals surface area (Å²) >= 11 is 12.3. The Morgan fingerprint density at radius 3 is 2.42 bits per heavy atom. The molecule has 1 heterocycles. The molecule has 0 amide bonds. The van der Waals surface area contributed by atoms with E-state index in [1.165, 1.54) is 6.07 Å². The Labute approximate surface area is 158 Å². The van der Waals surface area contributed by atoms with Gasteiger partial charge >= 0.3 is 12.1 Å². The molecule has 0 spiro atoms. The minimum absolute atomic E-state index is 0.00410. The maximum atomic E-state index is 13.2. The van der Waals surface area contributed by atoms with Crippen LogP contribution in [0.4, 0.5) is 13.2 Å². The molecule has 0 saturated carbocycles. The number of halogens is 5. The number of benzene rings is 1. The third-order valence-electron chi connectivity index (χ3n) is 3.63. The van der Waals surface area contributed by atoms with Crippen molar-refractivity contribution >= 4 is 35.2 Å². The molecular formula is C17H17Cl2F3O4. The van der Waals surface area contributed by atoms with Gasteiger partial charge in [-0.1, -0.05) is 44.0 Å². The molecule has 26 heavy (non-hydrogen) atoms. The van der Waals surface area contributed by atoms with E-state index in [4.69, 9.17) is 37.8 Å². The highest BCUT2D eigenvalue weighted by atomic mass is 35.5. The van der Waals surface area contributed by atoms with Crippen LogP contribution in [0.25, 0.3) is 6.08 Å². The van der Waals surface area contributed by atoms with Crippen LogP contribution in [0.5, 0.6) is 11.5 Å². The highest BCUT2D eigenvalue weighted by Gasteiger charge is 2.49. The molecule has 0 aliphatic carbocycles. The van der Waals surface area contributed by atoms with Gasteiger partial charge in [-0.15, -0.1) is 0 Å². The molecule has 0 fully saturated rings. The van der Waals surface area contributed by atoms with Crippen molar-refractivity contribution in [2.24, 2.45) is 5.41 Å². The van der Waals surface area contributed by atoms with E-state index >= 15 is 0 Å². The zero-order chi connectivity index (χ0) is 19.9. The van der Waals surface area contributed by atoms with Crippen LogP contribution >= 0.6 is 23.2 Å². The van der Waals surface area contributed by atoms with Gasteiger partial charge in [0.05, 0.1) is 17.2 Å². The van der Waals surface area contributed by atoms with E-state index in [0.717, 1.165) is 6.08 Å². The second-order valence-corrected chi connectivity index (χ2v) is 7.81. The monoisotopic (exact) mass is 412 g/mol. The molecule has 1 aliphatic heterocycles. The summed E-state index contributed by atoms with van der Waals surface area (Å²) in [5.41, 5.74) is -0.927. The third kappa shape index (κ3) is 4.57. The van der Waals surface area contributed by atoms with Crippen LogP contribution in [0.2, 0.25) is 10.0 Å². The quantitative estimate of drug-likeness (QED) is 0.698. The minimum Gasteiger partial charge on any atom is -0.490 e. The number of rotatable bonds is 4. The van der Waals surface area contributed by atoms with Crippen LogP contribution in [0.1, 0.15) is 32.8 Å². The number of carboxylic acids is 1. The summed E-state index contributed by atoms with van der Waals surface area (Å²) in [4.78, 5) is 11.2. The van der Waals surface area contributed by atoms with Crippen molar-refractivity contribution in [2.75, 3.05) is 6.61 Å². The Morgan fingerprint density at radius 1 is 1.31 bits per heavy atom. The second-order valence-electron chi connectivity index (χ2n) is 7.02. The molecule has 1 aliphatic rings. The standard InChI is InChI=1S/C17H17Cl2F3O4/c1-16(2,3)4-5-25-13-10(18)7-8-6-9(15(23)24)14(17(20,21)22)26-12(8)11(13)19/h6-7,14H,4-5H2,1-3H3,(H,23,24). The van der Waals surface area contributed by atoms with Gasteiger partial charge in [0, 0.05) is 5.56 Å². The third-order valence-corrected chi connectivity index (χ3v) is 4.26.